The van der Waals surface area contributed by atoms with E-state index >= 15 is 0 Å². The predicted octanol–water partition coefficient (Wildman–Crippen LogP) is 3.08. The van der Waals surface area contributed by atoms with Gasteiger partial charge in [-0.3, -0.25) is 4.79 Å². The van der Waals surface area contributed by atoms with E-state index in [2.05, 4.69) is 19.2 Å². The molecule has 3 N–H and O–H groups in total. The van der Waals surface area contributed by atoms with Crippen LogP contribution in [0.4, 0.5) is 0 Å². The van der Waals surface area contributed by atoms with Gasteiger partial charge >= 0.3 is 0 Å². The van der Waals surface area contributed by atoms with E-state index < -0.39 is 0 Å². The van der Waals surface area contributed by atoms with Crippen LogP contribution >= 0.6 is 0 Å². The molecule has 0 heterocycles. The third kappa shape index (κ3) is 4.47. The van der Waals surface area contributed by atoms with Crippen molar-refractivity contribution in [3.05, 3.63) is 0 Å². The SMILES string of the molecule is CC1CCCC(CNC(=O)C(C)C2CCCC(N)C2)C1. The average Bonchev–Trinajstić information content (AvgIpc) is 2.44. The zero-order valence-electron chi connectivity index (χ0n) is 13.2. The molecule has 3 nitrogen and oxygen atoms in total. The van der Waals surface area contributed by atoms with E-state index in [1.807, 2.05) is 0 Å². The van der Waals surface area contributed by atoms with Gasteiger partial charge in [0.15, 0.2) is 0 Å². The molecule has 5 unspecified atom stereocenters. The smallest absolute Gasteiger partial charge is 0.223 e. The van der Waals surface area contributed by atoms with Crippen LogP contribution in [0.3, 0.4) is 0 Å². The molecule has 2 aliphatic rings. The van der Waals surface area contributed by atoms with Crippen molar-refractivity contribution in [3.63, 3.8) is 0 Å². The van der Waals surface area contributed by atoms with E-state index in [9.17, 15) is 4.79 Å². The van der Waals surface area contributed by atoms with Gasteiger partial charge in [-0.25, -0.2) is 0 Å². The molecule has 0 radical (unpaired) electrons. The van der Waals surface area contributed by atoms with E-state index in [-0.39, 0.29) is 11.8 Å². The topological polar surface area (TPSA) is 55.1 Å². The van der Waals surface area contributed by atoms with Crippen LogP contribution in [-0.4, -0.2) is 18.5 Å². The van der Waals surface area contributed by atoms with Crippen molar-refractivity contribution in [2.75, 3.05) is 6.54 Å². The summed E-state index contributed by atoms with van der Waals surface area (Å²) in [5.41, 5.74) is 6.04. The Hall–Kier alpha value is -0.570. The molecule has 0 spiro atoms. The van der Waals surface area contributed by atoms with Crippen LogP contribution in [0, 0.1) is 23.7 Å². The largest absolute Gasteiger partial charge is 0.356 e. The number of amides is 1. The molecule has 0 aromatic carbocycles. The summed E-state index contributed by atoms with van der Waals surface area (Å²) in [5.74, 6) is 2.40. The van der Waals surface area contributed by atoms with Crippen LogP contribution in [0.1, 0.15) is 65.2 Å². The van der Waals surface area contributed by atoms with Gasteiger partial charge in [0.05, 0.1) is 0 Å². The predicted molar refractivity (Wildman–Crippen MR) is 83.2 cm³/mol. The minimum Gasteiger partial charge on any atom is -0.356 e. The fraction of sp³-hybridized carbons (Fsp3) is 0.941. The van der Waals surface area contributed by atoms with Crippen LogP contribution in [0.15, 0.2) is 0 Å². The fourth-order valence-electron chi connectivity index (χ4n) is 4.09. The summed E-state index contributed by atoms with van der Waals surface area (Å²) in [6, 6.07) is 0.309. The molecule has 0 aromatic rings. The van der Waals surface area contributed by atoms with Crippen LogP contribution < -0.4 is 11.1 Å². The van der Waals surface area contributed by atoms with Crippen molar-refractivity contribution in [1.29, 1.82) is 0 Å². The molecule has 2 saturated carbocycles. The number of nitrogens with one attached hydrogen (secondary N) is 1. The van der Waals surface area contributed by atoms with Gasteiger partial charge in [0.25, 0.3) is 0 Å². The third-order valence-electron chi connectivity index (χ3n) is 5.49. The van der Waals surface area contributed by atoms with Crippen molar-refractivity contribution < 1.29 is 4.79 Å². The highest BCUT2D eigenvalue weighted by Crippen LogP contribution is 2.30. The molecule has 0 aromatic heterocycles. The van der Waals surface area contributed by atoms with Crippen molar-refractivity contribution in [1.82, 2.24) is 5.32 Å². The second kappa shape index (κ2) is 7.44. The van der Waals surface area contributed by atoms with Crippen LogP contribution in [0.2, 0.25) is 0 Å². The summed E-state index contributed by atoms with van der Waals surface area (Å²) >= 11 is 0. The molecule has 2 fully saturated rings. The highest BCUT2D eigenvalue weighted by Gasteiger charge is 2.29. The van der Waals surface area contributed by atoms with Gasteiger partial charge in [-0.1, -0.05) is 33.1 Å². The Kier molecular flexibility index (Phi) is 5.88. The molecule has 20 heavy (non-hydrogen) atoms. The Morgan fingerprint density at radius 3 is 2.65 bits per heavy atom. The van der Waals surface area contributed by atoms with E-state index in [1.165, 1.54) is 38.5 Å². The second-order valence-corrected chi connectivity index (χ2v) is 7.36. The number of hydrogen-bond acceptors (Lipinski definition) is 2. The van der Waals surface area contributed by atoms with Gasteiger partial charge < -0.3 is 11.1 Å². The third-order valence-corrected chi connectivity index (χ3v) is 5.49. The quantitative estimate of drug-likeness (QED) is 0.831. The molecule has 1 amide bonds. The number of carbonyl (C=O) groups excluding carboxylic acids is 1. The summed E-state index contributed by atoms with van der Waals surface area (Å²) in [7, 11) is 0. The second-order valence-electron chi connectivity index (χ2n) is 7.36. The zero-order valence-corrected chi connectivity index (χ0v) is 13.2. The normalized spacial score (nSPS) is 36.4. The first-order chi connectivity index (χ1) is 9.56. The van der Waals surface area contributed by atoms with E-state index in [1.54, 1.807) is 0 Å². The number of rotatable bonds is 4. The Balaban J connectivity index is 1.73. The first kappa shape index (κ1) is 15.8. The number of hydrogen-bond donors (Lipinski definition) is 2. The number of carbonyl (C=O) groups is 1. The lowest BCUT2D eigenvalue weighted by Gasteiger charge is -2.31. The molecule has 0 bridgehead atoms. The lowest BCUT2D eigenvalue weighted by Crippen LogP contribution is -2.40. The van der Waals surface area contributed by atoms with Crippen molar-refractivity contribution >= 4 is 5.91 Å². The van der Waals surface area contributed by atoms with Gasteiger partial charge in [-0.2, -0.15) is 0 Å². The van der Waals surface area contributed by atoms with Crippen LogP contribution in [0.5, 0.6) is 0 Å². The minimum atomic E-state index is 0.127. The maximum absolute atomic E-state index is 12.3. The molecule has 3 heteroatoms. The van der Waals surface area contributed by atoms with Gasteiger partial charge in [0.2, 0.25) is 5.91 Å². The minimum absolute atomic E-state index is 0.127. The van der Waals surface area contributed by atoms with Gasteiger partial charge in [-0.05, 0) is 49.9 Å². The summed E-state index contributed by atoms with van der Waals surface area (Å²) in [6.07, 6.45) is 9.76. The maximum atomic E-state index is 12.3. The van der Waals surface area contributed by atoms with E-state index in [4.69, 9.17) is 5.73 Å². The van der Waals surface area contributed by atoms with E-state index in [0.717, 1.165) is 25.3 Å². The highest BCUT2D eigenvalue weighted by molar-refractivity contribution is 5.78. The summed E-state index contributed by atoms with van der Waals surface area (Å²) in [6.45, 7) is 5.30. The lowest BCUT2D eigenvalue weighted by atomic mass is 9.78. The van der Waals surface area contributed by atoms with Crippen LogP contribution in [0.25, 0.3) is 0 Å². The molecular weight excluding hydrogens is 248 g/mol. The summed E-state index contributed by atoms with van der Waals surface area (Å²) in [4.78, 5) is 12.3. The van der Waals surface area contributed by atoms with Crippen LogP contribution in [-0.2, 0) is 4.79 Å². The maximum Gasteiger partial charge on any atom is 0.223 e. The molecule has 0 aliphatic heterocycles. The average molecular weight is 280 g/mol. The Morgan fingerprint density at radius 2 is 1.95 bits per heavy atom. The first-order valence-corrected chi connectivity index (χ1v) is 8.59. The van der Waals surface area contributed by atoms with Crippen molar-refractivity contribution in [2.24, 2.45) is 29.4 Å². The number of nitrogens with two attached hydrogens (primary N) is 1. The molecule has 2 aliphatic carbocycles. The van der Waals surface area contributed by atoms with Gasteiger partial charge in [-0.15, -0.1) is 0 Å². The fourth-order valence-corrected chi connectivity index (χ4v) is 4.09. The molecule has 0 saturated heterocycles. The first-order valence-electron chi connectivity index (χ1n) is 8.59. The Morgan fingerprint density at radius 1 is 1.20 bits per heavy atom. The van der Waals surface area contributed by atoms with E-state index in [0.29, 0.717) is 17.9 Å². The zero-order chi connectivity index (χ0) is 14.5. The monoisotopic (exact) mass is 280 g/mol. The van der Waals surface area contributed by atoms with Crippen molar-refractivity contribution in [3.8, 4) is 0 Å². The Labute approximate surface area is 124 Å². The summed E-state index contributed by atoms with van der Waals surface area (Å²) < 4.78 is 0. The highest BCUT2D eigenvalue weighted by atomic mass is 16.1. The molecule has 2 rings (SSSR count). The van der Waals surface area contributed by atoms with Gasteiger partial charge in [0.1, 0.15) is 0 Å². The molecule has 5 atom stereocenters. The van der Waals surface area contributed by atoms with Gasteiger partial charge in [0, 0.05) is 18.5 Å². The summed E-state index contributed by atoms with van der Waals surface area (Å²) in [5, 5.41) is 3.21. The molecule has 116 valence electrons. The molecular formula is C17H32N2O. The standard InChI is InChI=1S/C17H32N2O/c1-12-5-3-6-14(9-12)11-19-17(20)13(2)15-7-4-8-16(18)10-15/h12-16H,3-11,18H2,1-2H3,(H,19,20). The lowest BCUT2D eigenvalue weighted by molar-refractivity contribution is -0.126. The van der Waals surface area contributed by atoms with Crippen molar-refractivity contribution in [2.45, 2.75) is 71.3 Å². The Bertz CT molecular complexity index is 318.